The smallest absolute Gasteiger partial charge is 0.303 e. The Balaban J connectivity index is 3.03. The molecule has 0 rings (SSSR count). The van der Waals surface area contributed by atoms with Crippen molar-refractivity contribution in [1.82, 2.24) is 5.32 Å². The van der Waals surface area contributed by atoms with E-state index in [9.17, 15) is 9.59 Å². The Bertz CT molecular complexity index is 133. The third-order valence-electron chi connectivity index (χ3n) is 1.09. The van der Waals surface area contributed by atoms with Gasteiger partial charge in [-0.1, -0.05) is 12.6 Å². The molecule has 4 nitrogen and oxygen atoms in total. The summed E-state index contributed by atoms with van der Waals surface area (Å²) in [5.41, 5.74) is 0. The average molecular weight is 177 g/mol. The summed E-state index contributed by atoms with van der Waals surface area (Å²) in [7, 11) is 0. The number of thiol groups is 1. The van der Waals surface area contributed by atoms with Crippen LogP contribution in [0.25, 0.3) is 0 Å². The van der Waals surface area contributed by atoms with E-state index >= 15 is 0 Å². The molecule has 0 aromatic heterocycles. The zero-order chi connectivity index (χ0) is 8.69. The number of unbranched alkanes of at least 4 members (excludes halogenated alkanes) is 1. The molecule has 5 heteroatoms. The summed E-state index contributed by atoms with van der Waals surface area (Å²) >= 11 is 3.47. The molecule has 1 amide bonds. The molecule has 0 heterocycles. The zero-order valence-corrected chi connectivity index (χ0v) is 6.93. The van der Waals surface area contributed by atoms with Gasteiger partial charge in [0.1, 0.15) is 0 Å². The summed E-state index contributed by atoms with van der Waals surface area (Å²) < 4.78 is 0. The Morgan fingerprint density at radius 2 is 2.00 bits per heavy atom. The predicted octanol–water partition coefficient (Wildman–Crippen LogP) is 0.881. The van der Waals surface area contributed by atoms with Gasteiger partial charge >= 0.3 is 5.97 Å². The number of carboxylic acid groups (broad SMARTS) is 1. The number of amides is 1. The van der Waals surface area contributed by atoms with Crippen LogP contribution in [0.15, 0.2) is 0 Å². The van der Waals surface area contributed by atoms with E-state index in [2.05, 4.69) is 17.9 Å². The predicted molar refractivity (Wildman–Crippen MR) is 43.9 cm³/mol. The van der Waals surface area contributed by atoms with Gasteiger partial charge in [-0.3, -0.25) is 9.59 Å². The standard InChI is InChI=1S/C6H11NO3S/c8-5(9)3-1-2-4-7-6(10)11/h1-4H2,(H,8,9)(H2,7,10,11). The maximum atomic E-state index is 10.2. The lowest BCUT2D eigenvalue weighted by atomic mass is 10.2. The lowest BCUT2D eigenvalue weighted by Gasteiger charge is -1.98. The largest absolute Gasteiger partial charge is 0.481 e. The SMILES string of the molecule is O=C(O)CCCCNC(=O)S. The van der Waals surface area contributed by atoms with Crippen molar-refractivity contribution >= 4 is 23.8 Å². The molecule has 0 atom stereocenters. The van der Waals surface area contributed by atoms with Crippen LogP contribution in [0.4, 0.5) is 4.79 Å². The Morgan fingerprint density at radius 3 is 2.45 bits per heavy atom. The molecule has 0 unspecified atom stereocenters. The van der Waals surface area contributed by atoms with Crippen LogP contribution in [0, 0.1) is 0 Å². The highest BCUT2D eigenvalue weighted by atomic mass is 32.1. The van der Waals surface area contributed by atoms with Gasteiger partial charge in [0.2, 0.25) is 0 Å². The number of aliphatic carboxylic acids is 1. The van der Waals surface area contributed by atoms with Crippen LogP contribution in [0.5, 0.6) is 0 Å². The molecular weight excluding hydrogens is 166 g/mol. The number of carbonyl (C=O) groups excluding carboxylic acids is 1. The van der Waals surface area contributed by atoms with Crippen LogP contribution in [0.2, 0.25) is 0 Å². The third kappa shape index (κ3) is 9.29. The number of hydrogen-bond donors (Lipinski definition) is 3. The normalized spacial score (nSPS) is 9.18. The van der Waals surface area contributed by atoms with Crippen molar-refractivity contribution in [2.24, 2.45) is 0 Å². The fourth-order valence-electron chi connectivity index (χ4n) is 0.597. The van der Waals surface area contributed by atoms with E-state index in [1.54, 1.807) is 0 Å². The molecule has 0 saturated carbocycles. The summed E-state index contributed by atoms with van der Waals surface area (Å²) in [6.45, 7) is 0.496. The molecule has 2 N–H and O–H groups in total. The van der Waals surface area contributed by atoms with Crippen LogP contribution >= 0.6 is 12.6 Å². The molecule has 0 aliphatic rings. The fraction of sp³-hybridized carbons (Fsp3) is 0.667. The second kappa shape index (κ2) is 6.03. The lowest BCUT2D eigenvalue weighted by molar-refractivity contribution is -0.137. The summed E-state index contributed by atoms with van der Waals surface area (Å²) in [5.74, 6) is -0.804. The molecule has 0 fully saturated rings. The van der Waals surface area contributed by atoms with Gasteiger partial charge in [-0.05, 0) is 12.8 Å². The van der Waals surface area contributed by atoms with Gasteiger partial charge in [-0.15, -0.1) is 0 Å². The minimum atomic E-state index is -0.804. The topological polar surface area (TPSA) is 66.4 Å². The van der Waals surface area contributed by atoms with E-state index < -0.39 is 5.97 Å². The highest BCUT2D eigenvalue weighted by molar-refractivity contribution is 7.96. The van der Waals surface area contributed by atoms with E-state index in [1.165, 1.54) is 0 Å². The number of rotatable bonds is 5. The maximum absolute atomic E-state index is 10.2. The number of carbonyl (C=O) groups is 2. The summed E-state index contributed by atoms with van der Waals surface area (Å²) in [6.07, 6.45) is 1.42. The monoisotopic (exact) mass is 177 g/mol. The average Bonchev–Trinajstić information content (AvgIpc) is 1.85. The Morgan fingerprint density at radius 1 is 1.36 bits per heavy atom. The van der Waals surface area contributed by atoms with E-state index in [-0.39, 0.29) is 11.7 Å². The minimum absolute atomic E-state index is 0.155. The lowest BCUT2D eigenvalue weighted by Crippen LogP contribution is -2.17. The molecule has 0 spiro atoms. The molecule has 0 bridgehead atoms. The second-order valence-electron chi connectivity index (χ2n) is 2.08. The van der Waals surface area contributed by atoms with Crippen molar-refractivity contribution in [3.8, 4) is 0 Å². The molecule has 0 aromatic rings. The van der Waals surface area contributed by atoms with Gasteiger partial charge < -0.3 is 10.4 Å². The van der Waals surface area contributed by atoms with Gasteiger partial charge in [-0.25, -0.2) is 0 Å². The Labute approximate surface area is 70.4 Å². The first-order valence-corrected chi connectivity index (χ1v) is 3.76. The Kier molecular flexibility index (Phi) is 5.64. The zero-order valence-electron chi connectivity index (χ0n) is 6.04. The molecule has 0 aliphatic carbocycles. The second-order valence-corrected chi connectivity index (χ2v) is 2.49. The van der Waals surface area contributed by atoms with Crippen LogP contribution in [-0.4, -0.2) is 22.9 Å². The van der Waals surface area contributed by atoms with Crippen molar-refractivity contribution in [2.45, 2.75) is 19.3 Å². The van der Waals surface area contributed by atoms with Crippen molar-refractivity contribution in [3.63, 3.8) is 0 Å². The molecule has 64 valence electrons. The highest BCUT2D eigenvalue weighted by Gasteiger charge is 1.96. The van der Waals surface area contributed by atoms with Gasteiger partial charge in [0.25, 0.3) is 5.24 Å². The van der Waals surface area contributed by atoms with Gasteiger partial charge in [-0.2, -0.15) is 0 Å². The van der Waals surface area contributed by atoms with Gasteiger partial charge in [0.05, 0.1) is 0 Å². The quantitative estimate of drug-likeness (QED) is 0.431. The van der Waals surface area contributed by atoms with Crippen molar-refractivity contribution < 1.29 is 14.7 Å². The molecule has 0 radical (unpaired) electrons. The first-order valence-electron chi connectivity index (χ1n) is 3.31. The van der Waals surface area contributed by atoms with E-state index in [0.29, 0.717) is 19.4 Å². The van der Waals surface area contributed by atoms with Crippen molar-refractivity contribution in [2.75, 3.05) is 6.54 Å². The van der Waals surface area contributed by atoms with Crippen LogP contribution in [0.3, 0.4) is 0 Å². The number of carboxylic acids is 1. The van der Waals surface area contributed by atoms with E-state index in [4.69, 9.17) is 5.11 Å². The maximum Gasteiger partial charge on any atom is 0.303 e. The minimum Gasteiger partial charge on any atom is -0.481 e. The van der Waals surface area contributed by atoms with E-state index in [0.717, 1.165) is 0 Å². The van der Waals surface area contributed by atoms with Crippen LogP contribution < -0.4 is 5.32 Å². The van der Waals surface area contributed by atoms with Gasteiger partial charge in [0.15, 0.2) is 0 Å². The first kappa shape index (κ1) is 10.3. The first-order chi connectivity index (χ1) is 5.13. The van der Waals surface area contributed by atoms with Crippen molar-refractivity contribution in [1.29, 1.82) is 0 Å². The van der Waals surface area contributed by atoms with E-state index in [1.807, 2.05) is 0 Å². The molecule has 0 saturated heterocycles. The molecular formula is C6H11NO3S. The Hall–Kier alpha value is -0.710. The third-order valence-corrected chi connectivity index (χ3v) is 1.25. The summed E-state index contributed by atoms with van der Waals surface area (Å²) in [4.78, 5) is 20.2. The highest BCUT2D eigenvalue weighted by Crippen LogP contribution is 1.93. The number of nitrogens with one attached hydrogen (secondary N) is 1. The summed E-state index contributed by atoms with van der Waals surface area (Å²) in [6, 6.07) is 0. The number of hydrogen-bond acceptors (Lipinski definition) is 2. The molecule has 0 aliphatic heterocycles. The molecule has 11 heavy (non-hydrogen) atoms. The summed E-state index contributed by atoms with van der Waals surface area (Å²) in [5, 5.41) is 10.3. The fourth-order valence-corrected chi connectivity index (χ4v) is 0.708. The van der Waals surface area contributed by atoms with Gasteiger partial charge in [0, 0.05) is 13.0 Å². The van der Waals surface area contributed by atoms with Crippen LogP contribution in [-0.2, 0) is 4.79 Å². The van der Waals surface area contributed by atoms with Crippen molar-refractivity contribution in [3.05, 3.63) is 0 Å². The van der Waals surface area contributed by atoms with Crippen LogP contribution in [0.1, 0.15) is 19.3 Å². The molecule has 0 aromatic carbocycles.